The van der Waals surface area contributed by atoms with Crippen LogP contribution in [0.2, 0.25) is 0 Å². The third-order valence-corrected chi connectivity index (χ3v) is 5.10. The highest BCUT2D eigenvalue weighted by atomic mass is 16.2. The monoisotopic (exact) mass is 369 g/mol. The molecule has 1 heterocycles. The Bertz CT molecular complexity index is 757. The van der Waals surface area contributed by atoms with Crippen LogP contribution in [0.1, 0.15) is 45.4 Å². The van der Waals surface area contributed by atoms with E-state index in [0.717, 1.165) is 19.3 Å². The van der Waals surface area contributed by atoms with Crippen molar-refractivity contribution in [1.29, 1.82) is 0 Å². The maximum absolute atomic E-state index is 12.5. The van der Waals surface area contributed by atoms with E-state index in [0.29, 0.717) is 24.5 Å². The molecule has 1 aromatic rings. The molecule has 0 radical (unpaired) electrons. The number of hydrogen-bond donors (Lipinski definition) is 2. The van der Waals surface area contributed by atoms with E-state index in [2.05, 4.69) is 16.7 Å². The predicted octanol–water partition coefficient (Wildman–Crippen LogP) is 3.00. The minimum absolute atomic E-state index is 0.0553. The van der Waals surface area contributed by atoms with Gasteiger partial charge in [0.1, 0.15) is 0 Å². The van der Waals surface area contributed by atoms with Crippen molar-refractivity contribution in [3.63, 3.8) is 0 Å². The lowest BCUT2D eigenvalue weighted by Gasteiger charge is -2.18. The normalized spacial score (nSPS) is 19.6. The van der Waals surface area contributed by atoms with Crippen molar-refractivity contribution in [2.24, 2.45) is 5.92 Å². The van der Waals surface area contributed by atoms with Crippen molar-refractivity contribution in [1.82, 2.24) is 5.32 Å². The summed E-state index contributed by atoms with van der Waals surface area (Å²) in [6, 6.07) is 7.14. The predicted molar refractivity (Wildman–Crippen MR) is 105 cm³/mol. The molecular formula is C21H27N3O3. The van der Waals surface area contributed by atoms with Gasteiger partial charge in [0.15, 0.2) is 0 Å². The lowest BCUT2D eigenvalue weighted by molar-refractivity contribution is -0.126. The average Bonchev–Trinajstić information content (AvgIpc) is 3.04. The summed E-state index contributed by atoms with van der Waals surface area (Å²) in [6.07, 6.45) is 8.19. The summed E-state index contributed by atoms with van der Waals surface area (Å²) >= 11 is 0. The van der Waals surface area contributed by atoms with Crippen molar-refractivity contribution >= 4 is 29.1 Å². The van der Waals surface area contributed by atoms with Crippen LogP contribution < -0.4 is 15.5 Å². The van der Waals surface area contributed by atoms with Gasteiger partial charge in [0.2, 0.25) is 17.7 Å². The number of carbonyl (C=O) groups is 3. The van der Waals surface area contributed by atoms with E-state index in [1.807, 2.05) is 6.07 Å². The molecule has 3 amide bonds. The number of rotatable bonds is 6. The second-order valence-electron chi connectivity index (χ2n) is 7.29. The summed E-state index contributed by atoms with van der Waals surface area (Å²) in [5.41, 5.74) is 2.77. The molecule has 144 valence electrons. The molecule has 6 heteroatoms. The maximum Gasteiger partial charge on any atom is 0.227 e. The van der Waals surface area contributed by atoms with Gasteiger partial charge in [-0.1, -0.05) is 17.7 Å². The van der Waals surface area contributed by atoms with E-state index in [4.69, 9.17) is 0 Å². The van der Waals surface area contributed by atoms with E-state index in [1.54, 1.807) is 23.1 Å². The molecular weight excluding hydrogens is 342 g/mol. The number of benzene rings is 1. The Kier molecular flexibility index (Phi) is 6.27. The first-order chi connectivity index (χ1) is 13.0. The zero-order valence-corrected chi connectivity index (χ0v) is 15.8. The van der Waals surface area contributed by atoms with E-state index >= 15 is 0 Å². The third-order valence-electron chi connectivity index (χ3n) is 5.10. The first-order valence-electron chi connectivity index (χ1n) is 9.66. The lowest BCUT2D eigenvalue weighted by atomic mass is 9.97. The van der Waals surface area contributed by atoms with Crippen LogP contribution in [-0.4, -0.2) is 30.8 Å². The minimum Gasteiger partial charge on any atom is -0.355 e. The van der Waals surface area contributed by atoms with Gasteiger partial charge < -0.3 is 15.5 Å². The second-order valence-corrected chi connectivity index (χ2v) is 7.29. The Morgan fingerprint density at radius 2 is 2.11 bits per heavy atom. The largest absolute Gasteiger partial charge is 0.355 e. The Labute approximate surface area is 160 Å². The van der Waals surface area contributed by atoms with Gasteiger partial charge in [0.05, 0.1) is 5.92 Å². The smallest absolute Gasteiger partial charge is 0.227 e. The fourth-order valence-corrected chi connectivity index (χ4v) is 3.71. The number of amides is 3. The summed E-state index contributed by atoms with van der Waals surface area (Å²) < 4.78 is 0. The molecule has 6 nitrogen and oxygen atoms in total. The number of allylic oxidation sites excluding steroid dienone is 1. The highest BCUT2D eigenvalue weighted by Crippen LogP contribution is 2.27. The quantitative estimate of drug-likeness (QED) is 0.757. The molecule has 3 rings (SSSR count). The zero-order valence-electron chi connectivity index (χ0n) is 15.8. The topological polar surface area (TPSA) is 78.5 Å². The summed E-state index contributed by atoms with van der Waals surface area (Å²) in [5, 5.41) is 5.70. The van der Waals surface area contributed by atoms with Gasteiger partial charge in [-0.2, -0.15) is 0 Å². The van der Waals surface area contributed by atoms with Crippen LogP contribution in [0.4, 0.5) is 11.4 Å². The first-order valence-corrected chi connectivity index (χ1v) is 9.66. The molecule has 0 saturated carbocycles. The molecule has 0 spiro atoms. The van der Waals surface area contributed by atoms with E-state index < -0.39 is 0 Å². The van der Waals surface area contributed by atoms with Crippen LogP contribution in [0.5, 0.6) is 0 Å². The molecule has 0 aromatic heterocycles. The number of hydrogen-bond acceptors (Lipinski definition) is 3. The van der Waals surface area contributed by atoms with Crippen molar-refractivity contribution in [2.45, 2.75) is 45.4 Å². The summed E-state index contributed by atoms with van der Waals surface area (Å²) in [7, 11) is 0. The molecule has 1 fully saturated rings. The first kappa shape index (κ1) is 19.1. The van der Waals surface area contributed by atoms with Crippen LogP contribution in [0.25, 0.3) is 0 Å². The van der Waals surface area contributed by atoms with Crippen LogP contribution in [0.3, 0.4) is 0 Å². The van der Waals surface area contributed by atoms with E-state index in [-0.39, 0.29) is 30.1 Å². The number of carbonyl (C=O) groups excluding carboxylic acids is 3. The molecule has 1 atom stereocenters. The lowest BCUT2D eigenvalue weighted by Crippen LogP contribution is -2.33. The van der Waals surface area contributed by atoms with Crippen LogP contribution in [-0.2, 0) is 14.4 Å². The van der Waals surface area contributed by atoms with Gasteiger partial charge in [-0.15, -0.1) is 0 Å². The molecule has 27 heavy (non-hydrogen) atoms. The SMILES string of the molecule is CC(=O)Nc1cccc(N2C[C@H](C(=O)NCCC3=CCCCC3)CC2=O)c1. The van der Waals surface area contributed by atoms with Crippen molar-refractivity contribution in [2.75, 3.05) is 23.3 Å². The van der Waals surface area contributed by atoms with Gasteiger partial charge >= 0.3 is 0 Å². The average molecular weight is 369 g/mol. The zero-order chi connectivity index (χ0) is 19.2. The molecule has 1 aliphatic carbocycles. The van der Waals surface area contributed by atoms with Crippen molar-refractivity contribution in [3.05, 3.63) is 35.9 Å². The molecule has 0 bridgehead atoms. The second kappa shape index (κ2) is 8.84. The Hall–Kier alpha value is -2.63. The minimum atomic E-state index is -0.331. The Morgan fingerprint density at radius 3 is 2.85 bits per heavy atom. The molecule has 1 saturated heterocycles. The van der Waals surface area contributed by atoms with Gasteiger partial charge in [-0.3, -0.25) is 14.4 Å². The molecule has 1 aliphatic heterocycles. The third kappa shape index (κ3) is 5.18. The van der Waals surface area contributed by atoms with Crippen LogP contribution >= 0.6 is 0 Å². The molecule has 1 aromatic carbocycles. The highest BCUT2D eigenvalue weighted by molar-refractivity contribution is 6.01. The standard InChI is InChI=1S/C21H27N3O3/c1-15(25)23-18-8-5-9-19(13-18)24-14-17(12-20(24)26)21(27)22-11-10-16-6-3-2-4-7-16/h5-6,8-9,13,17H,2-4,7,10-12,14H2,1H3,(H,22,27)(H,23,25)/t17-/m1/s1. The van der Waals surface area contributed by atoms with Crippen molar-refractivity contribution in [3.8, 4) is 0 Å². The van der Waals surface area contributed by atoms with Gasteiger partial charge in [-0.05, 0) is 50.3 Å². The van der Waals surface area contributed by atoms with Crippen LogP contribution in [0.15, 0.2) is 35.9 Å². The summed E-state index contributed by atoms with van der Waals surface area (Å²) in [6.45, 7) is 2.45. The summed E-state index contributed by atoms with van der Waals surface area (Å²) in [4.78, 5) is 37.7. The van der Waals surface area contributed by atoms with Gasteiger partial charge in [-0.25, -0.2) is 0 Å². The molecule has 2 N–H and O–H groups in total. The molecule has 0 unspecified atom stereocenters. The van der Waals surface area contributed by atoms with E-state index in [1.165, 1.54) is 25.3 Å². The number of nitrogens with one attached hydrogen (secondary N) is 2. The Balaban J connectivity index is 1.54. The van der Waals surface area contributed by atoms with E-state index in [9.17, 15) is 14.4 Å². The fraction of sp³-hybridized carbons (Fsp3) is 0.476. The summed E-state index contributed by atoms with van der Waals surface area (Å²) in [5.74, 6) is -0.613. The fourth-order valence-electron chi connectivity index (χ4n) is 3.71. The highest BCUT2D eigenvalue weighted by Gasteiger charge is 2.35. The molecule has 2 aliphatic rings. The Morgan fingerprint density at radius 1 is 1.26 bits per heavy atom. The maximum atomic E-state index is 12.5. The van der Waals surface area contributed by atoms with Crippen LogP contribution in [0, 0.1) is 5.92 Å². The van der Waals surface area contributed by atoms with Crippen molar-refractivity contribution < 1.29 is 14.4 Å². The number of anilines is 2. The van der Waals surface area contributed by atoms with Gasteiger partial charge in [0.25, 0.3) is 0 Å². The number of nitrogens with zero attached hydrogens (tertiary/aromatic N) is 1. The van der Waals surface area contributed by atoms with Gasteiger partial charge in [0, 0.05) is 37.8 Å².